The van der Waals surface area contributed by atoms with Gasteiger partial charge < -0.3 is 10.5 Å². The minimum absolute atomic E-state index is 0.0366. The van der Waals surface area contributed by atoms with Gasteiger partial charge in [-0.3, -0.25) is 4.90 Å². The van der Waals surface area contributed by atoms with Crippen molar-refractivity contribution in [2.24, 2.45) is 11.7 Å². The molecule has 2 N–H and O–H groups in total. The van der Waals surface area contributed by atoms with Gasteiger partial charge >= 0.3 is 0 Å². The summed E-state index contributed by atoms with van der Waals surface area (Å²) >= 11 is 0. The van der Waals surface area contributed by atoms with Crippen molar-refractivity contribution in [3.63, 3.8) is 0 Å². The highest BCUT2D eigenvalue weighted by atomic mass is 16.5. The van der Waals surface area contributed by atoms with Crippen molar-refractivity contribution < 1.29 is 4.74 Å². The Morgan fingerprint density at radius 3 is 2.78 bits per heavy atom. The molecule has 1 aliphatic carbocycles. The van der Waals surface area contributed by atoms with Gasteiger partial charge in [-0.1, -0.05) is 19.8 Å². The number of methoxy groups -OCH3 is 1. The van der Waals surface area contributed by atoms with E-state index in [1.165, 1.54) is 45.1 Å². The van der Waals surface area contributed by atoms with Crippen LogP contribution in [0.1, 0.15) is 52.4 Å². The van der Waals surface area contributed by atoms with Crippen LogP contribution in [0.3, 0.4) is 0 Å². The number of hydrogen-bond acceptors (Lipinski definition) is 3. The molecule has 0 aromatic rings. The molecule has 1 heterocycles. The number of piperidine rings is 1. The monoisotopic (exact) mass is 254 g/mol. The molecule has 1 saturated carbocycles. The average Bonchev–Trinajstić information content (AvgIpc) is 2.28. The molecule has 1 saturated heterocycles. The quantitative estimate of drug-likeness (QED) is 0.840. The van der Waals surface area contributed by atoms with E-state index in [9.17, 15) is 0 Å². The summed E-state index contributed by atoms with van der Waals surface area (Å²) in [4.78, 5) is 2.53. The fourth-order valence-electron chi connectivity index (χ4n) is 3.90. The third kappa shape index (κ3) is 3.46. The van der Waals surface area contributed by atoms with E-state index in [-0.39, 0.29) is 11.1 Å². The van der Waals surface area contributed by atoms with Crippen LogP contribution in [0, 0.1) is 5.92 Å². The molecule has 106 valence electrons. The van der Waals surface area contributed by atoms with Crippen molar-refractivity contribution in [3.05, 3.63) is 0 Å². The largest absolute Gasteiger partial charge is 0.377 e. The molecule has 0 aromatic carbocycles. The molecule has 0 spiro atoms. The molecule has 2 rings (SSSR count). The Hall–Kier alpha value is -0.120. The molecule has 0 bridgehead atoms. The topological polar surface area (TPSA) is 38.5 Å². The van der Waals surface area contributed by atoms with E-state index in [1.807, 2.05) is 7.11 Å². The smallest absolute Gasteiger partial charge is 0.0777 e. The van der Waals surface area contributed by atoms with Crippen molar-refractivity contribution in [2.75, 3.05) is 26.7 Å². The van der Waals surface area contributed by atoms with Gasteiger partial charge in [-0.15, -0.1) is 0 Å². The number of hydrogen-bond donors (Lipinski definition) is 1. The third-order valence-corrected chi connectivity index (χ3v) is 4.90. The number of nitrogens with zero attached hydrogens (tertiary/aromatic N) is 1. The number of nitrogens with two attached hydrogens (primary N) is 1. The average molecular weight is 254 g/mol. The third-order valence-electron chi connectivity index (χ3n) is 4.90. The molecule has 18 heavy (non-hydrogen) atoms. The lowest BCUT2D eigenvalue weighted by Crippen LogP contribution is -2.57. The molecular weight excluding hydrogens is 224 g/mol. The van der Waals surface area contributed by atoms with E-state index < -0.39 is 0 Å². The number of ether oxygens (including phenoxy) is 1. The molecule has 1 aliphatic heterocycles. The molecule has 3 unspecified atom stereocenters. The van der Waals surface area contributed by atoms with Crippen molar-refractivity contribution >= 4 is 0 Å². The zero-order chi connectivity index (χ0) is 13.2. The normalized spacial score (nSPS) is 43.0. The van der Waals surface area contributed by atoms with Gasteiger partial charge in [-0.25, -0.2) is 0 Å². The summed E-state index contributed by atoms with van der Waals surface area (Å²) in [6.45, 7) is 7.85. The van der Waals surface area contributed by atoms with E-state index in [0.717, 1.165) is 19.0 Å². The standard InChI is InChI=1S/C15H30N2O/c1-13-6-4-8-15(16,10-13)12-17-9-5-7-14(2,11-17)18-3/h13H,4-12,16H2,1-3H3. The zero-order valence-corrected chi connectivity index (χ0v) is 12.4. The predicted octanol–water partition coefficient (Wildman–Crippen LogP) is 2.39. The second kappa shape index (κ2) is 5.48. The van der Waals surface area contributed by atoms with Crippen molar-refractivity contribution in [1.29, 1.82) is 0 Å². The number of rotatable bonds is 3. The molecule has 2 aliphatic rings. The number of likely N-dealkylation sites (tertiary alicyclic amines) is 1. The minimum Gasteiger partial charge on any atom is -0.377 e. The molecule has 2 fully saturated rings. The van der Waals surface area contributed by atoms with Crippen molar-refractivity contribution in [3.8, 4) is 0 Å². The van der Waals surface area contributed by atoms with Gasteiger partial charge in [-0.05, 0) is 45.1 Å². The molecule has 3 atom stereocenters. The molecule has 0 aromatic heterocycles. The fraction of sp³-hybridized carbons (Fsp3) is 1.00. The first kappa shape index (κ1) is 14.3. The first-order valence-corrected chi connectivity index (χ1v) is 7.51. The lowest BCUT2D eigenvalue weighted by Gasteiger charge is -2.45. The van der Waals surface area contributed by atoms with Crippen LogP contribution in [0.15, 0.2) is 0 Å². The van der Waals surface area contributed by atoms with E-state index in [2.05, 4.69) is 18.7 Å². The summed E-state index contributed by atoms with van der Waals surface area (Å²) in [7, 11) is 1.84. The van der Waals surface area contributed by atoms with Crippen molar-refractivity contribution in [1.82, 2.24) is 4.90 Å². The second-order valence-electron chi connectivity index (χ2n) is 7.03. The Balaban J connectivity index is 1.92. The van der Waals surface area contributed by atoms with Gasteiger partial charge in [0.2, 0.25) is 0 Å². The molecule has 0 radical (unpaired) electrons. The van der Waals surface area contributed by atoms with Crippen LogP contribution in [-0.2, 0) is 4.74 Å². The highest BCUT2D eigenvalue weighted by molar-refractivity contribution is 4.95. The lowest BCUT2D eigenvalue weighted by molar-refractivity contribution is -0.0567. The van der Waals surface area contributed by atoms with Gasteiger partial charge in [0.25, 0.3) is 0 Å². The predicted molar refractivity (Wildman–Crippen MR) is 75.6 cm³/mol. The minimum atomic E-state index is 0.0366. The molecule has 0 amide bonds. The highest BCUT2D eigenvalue weighted by Gasteiger charge is 2.37. The fourth-order valence-corrected chi connectivity index (χ4v) is 3.90. The second-order valence-corrected chi connectivity index (χ2v) is 7.03. The Bertz CT molecular complexity index is 284. The van der Waals surface area contributed by atoms with Gasteiger partial charge in [0.15, 0.2) is 0 Å². The Morgan fingerprint density at radius 1 is 1.33 bits per heavy atom. The Kier molecular flexibility index (Phi) is 4.35. The summed E-state index contributed by atoms with van der Waals surface area (Å²) < 4.78 is 5.67. The summed E-state index contributed by atoms with van der Waals surface area (Å²) in [5.74, 6) is 0.794. The summed E-state index contributed by atoms with van der Waals surface area (Å²) in [5, 5.41) is 0. The maximum absolute atomic E-state index is 6.63. The van der Waals surface area contributed by atoms with Gasteiger partial charge in [0, 0.05) is 25.7 Å². The summed E-state index contributed by atoms with van der Waals surface area (Å²) in [6.07, 6.45) is 7.44. The first-order chi connectivity index (χ1) is 8.45. The van der Waals surface area contributed by atoms with Crippen molar-refractivity contribution in [2.45, 2.75) is 63.5 Å². The lowest BCUT2D eigenvalue weighted by atomic mass is 9.76. The Morgan fingerprint density at radius 2 is 2.11 bits per heavy atom. The molecule has 3 heteroatoms. The Labute approximate surface area is 112 Å². The summed E-state index contributed by atoms with van der Waals surface area (Å²) in [5.41, 5.74) is 6.71. The van der Waals surface area contributed by atoms with E-state index >= 15 is 0 Å². The maximum atomic E-state index is 6.63. The molecular formula is C15H30N2O. The van der Waals surface area contributed by atoms with E-state index in [4.69, 9.17) is 10.5 Å². The van der Waals surface area contributed by atoms with Crippen LogP contribution in [0.4, 0.5) is 0 Å². The highest BCUT2D eigenvalue weighted by Crippen LogP contribution is 2.32. The van der Waals surface area contributed by atoms with Crippen LogP contribution in [-0.4, -0.2) is 42.8 Å². The zero-order valence-electron chi connectivity index (χ0n) is 12.4. The van der Waals surface area contributed by atoms with Crippen LogP contribution < -0.4 is 5.73 Å². The SMILES string of the molecule is COC1(C)CCCN(CC2(N)CCCC(C)C2)C1. The first-order valence-electron chi connectivity index (χ1n) is 7.51. The summed E-state index contributed by atoms with van der Waals surface area (Å²) in [6, 6.07) is 0. The van der Waals surface area contributed by atoms with Crippen LogP contribution >= 0.6 is 0 Å². The maximum Gasteiger partial charge on any atom is 0.0777 e. The van der Waals surface area contributed by atoms with Gasteiger partial charge in [-0.2, -0.15) is 0 Å². The van der Waals surface area contributed by atoms with Crippen LogP contribution in [0.25, 0.3) is 0 Å². The van der Waals surface area contributed by atoms with Gasteiger partial charge in [0.1, 0.15) is 0 Å². The van der Waals surface area contributed by atoms with E-state index in [1.54, 1.807) is 0 Å². The molecule has 3 nitrogen and oxygen atoms in total. The van der Waals surface area contributed by atoms with Crippen LogP contribution in [0.2, 0.25) is 0 Å². The van der Waals surface area contributed by atoms with Crippen LogP contribution in [0.5, 0.6) is 0 Å². The van der Waals surface area contributed by atoms with E-state index in [0.29, 0.717) is 0 Å². The van der Waals surface area contributed by atoms with Gasteiger partial charge in [0.05, 0.1) is 5.60 Å².